The molecule has 0 saturated carbocycles. The number of benzene rings is 1. The first-order valence-electron chi connectivity index (χ1n) is 8.68. The minimum absolute atomic E-state index is 0.0888. The molecule has 1 atom stereocenters. The van der Waals surface area contributed by atoms with Gasteiger partial charge in [-0.1, -0.05) is 30.3 Å². The van der Waals surface area contributed by atoms with Crippen LogP contribution in [0.4, 0.5) is 4.39 Å². The van der Waals surface area contributed by atoms with E-state index in [0.717, 1.165) is 11.8 Å². The maximum absolute atomic E-state index is 13.5. The quantitative estimate of drug-likeness (QED) is 0.579. The minimum Gasteiger partial charge on any atom is -0.363 e. The summed E-state index contributed by atoms with van der Waals surface area (Å²) in [6.07, 6.45) is 3.93. The molecule has 2 amide bonds. The molecule has 29 heavy (non-hydrogen) atoms. The fourth-order valence-corrected chi connectivity index (χ4v) is 2.88. The summed E-state index contributed by atoms with van der Waals surface area (Å²) in [6, 6.07) is 8.94. The van der Waals surface area contributed by atoms with Crippen LogP contribution < -0.4 is 11.1 Å². The summed E-state index contributed by atoms with van der Waals surface area (Å²) in [6.45, 7) is 0. The number of ketones is 1. The Balaban J connectivity index is 1.90. The number of nitrogens with one attached hydrogen (secondary N) is 1. The summed E-state index contributed by atoms with van der Waals surface area (Å²) < 4.78 is 14.9. The molecule has 0 fully saturated rings. The number of aromatic nitrogens is 3. The highest BCUT2D eigenvalue weighted by molar-refractivity contribution is 6.38. The van der Waals surface area contributed by atoms with Crippen LogP contribution in [-0.2, 0) is 23.1 Å². The van der Waals surface area contributed by atoms with Crippen LogP contribution in [0, 0.1) is 5.82 Å². The van der Waals surface area contributed by atoms with Crippen molar-refractivity contribution >= 4 is 17.6 Å². The molecule has 3 rings (SSSR count). The van der Waals surface area contributed by atoms with Crippen LogP contribution in [0.25, 0.3) is 11.3 Å². The lowest BCUT2D eigenvalue weighted by molar-refractivity contribution is -0.137. The summed E-state index contributed by atoms with van der Waals surface area (Å²) in [5, 5.41) is 6.73. The highest BCUT2D eigenvalue weighted by Crippen LogP contribution is 2.22. The number of carbonyl (C=O) groups excluding carboxylic acids is 3. The van der Waals surface area contributed by atoms with Crippen molar-refractivity contribution in [2.45, 2.75) is 12.5 Å². The number of nitrogens with zero attached hydrogens (tertiary/aromatic N) is 3. The number of rotatable bonds is 7. The Labute approximate surface area is 165 Å². The van der Waals surface area contributed by atoms with E-state index in [9.17, 15) is 18.8 Å². The van der Waals surface area contributed by atoms with E-state index >= 15 is 0 Å². The zero-order chi connectivity index (χ0) is 21.0. The van der Waals surface area contributed by atoms with Crippen LogP contribution in [0.15, 0.2) is 55.0 Å². The van der Waals surface area contributed by atoms with Crippen LogP contribution in [0.2, 0.25) is 0 Å². The fraction of sp³-hybridized carbons (Fsp3) is 0.150. The van der Waals surface area contributed by atoms with Crippen LogP contribution in [-0.4, -0.2) is 38.4 Å². The molecule has 8 nitrogen and oxygen atoms in total. The highest BCUT2D eigenvalue weighted by Gasteiger charge is 2.27. The molecule has 2 heterocycles. The molecule has 1 aromatic carbocycles. The van der Waals surface area contributed by atoms with Crippen molar-refractivity contribution in [2.24, 2.45) is 12.8 Å². The lowest BCUT2D eigenvalue weighted by atomic mass is 10.0. The predicted octanol–water partition coefficient (Wildman–Crippen LogP) is 1.02. The Morgan fingerprint density at radius 2 is 1.93 bits per heavy atom. The number of amides is 2. The smallest absolute Gasteiger partial charge is 0.287 e. The maximum atomic E-state index is 13.5. The van der Waals surface area contributed by atoms with Gasteiger partial charge in [-0.3, -0.25) is 24.0 Å². The van der Waals surface area contributed by atoms with Gasteiger partial charge in [-0.25, -0.2) is 4.39 Å². The average molecular weight is 395 g/mol. The number of primary amides is 1. The van der Waals surface area contributed by atoms with Gasteiger partial charge in [-0.15, -0.1) is 0 Å². The topological polar surface area (TPSA) is 120 Å². The van der Waals surface area contributed by atoms with Crippen molar-refractivity contribution in [3.63, 3.8) is 0 Å². The number of pyridine rings is 1. The third kappa shape index (κ3) is 4.70. The second kappa shape index (κ2) is 8.42. The second-order valence-electron chi connectivity index (χ2n) is 6.40. The molecule has 0 bridgehead atoms. The third-order valence-corrected chi connectivity index (χ3v) is 4.20. The van der Waals surface area contributed by atoms with Crippen LogP contribution >= 0.6 is 0 Å². The van der Waals surface area contributed by atoms with Gasteiger partial charge in [0.25, 0.3) is 11.8 Å². The fourth-order valence-electron chi connectivity index (χ4n) is 2.88. The normalized spacial score (nSPS) is 11.7. The summed E-state index contributed by atoms with van der Waals surface area (Å²) in [4.78, 5) is 40.3. The average Bonchev–Trinajstić information content (AvgIpc) is 3.09. The molecule has 0 aliphatic heterocycles. The number of nitrogens with two attached hydrogens (primary N) is 1. The number of hydrogen-bond donors (Lipinski definition) is 2. The van der Waals surface area contributed by atoms with Gasteiger partial charge in [-0.2, -0.15) is 5.10 Å². The van der Waals surface area contributed by atoms with E-state index in [2.05, 4.69) is 15.4 Å². The van der Waals surface area contributed by atoms with Gasteiger partial charge in [0.2, 0.25) is 5.78 Å². The van der Waals surface area contributed by atoms with Crippen molar-refractivity contribution in [2.75, 3.05) is 0 Å². The summed E-state index contributed by atoms with van der Waals surface area (Å²) >= 11 is 0. The van der Waals surface area contributed by atoms with Gasteiger partial charge in [-0.05, 0) is 11.6 Å². The molecule has 1 unspecified atom stereocenters. The first kappa shape index (κ1) is 19.9. The zero-order valence-corrected chi connectivity index (χ0v) is 15.5. The minimum atomic E-state index is -1.15. The summed E-state index contributed by atoms with van der Waals surface area (Å²) in [5.74, 6) is -3.29. The second-order valence-corrected chi connectivity index (χ2v) is 6.40. The first-order chi connectivity index (χ1) is 13.8. The van der Waals surface area contributed by atoms with Crippen LogP contribution in [0.1, 0.15) is 15.9 Å². The monoisotopic (exact) mass is 395 g/mol. The van der Waals surface area contributed by atoms with E-state index in [1.165, 1.54) is 23.1 Å². The SMILES string of the molecule is Cn1cc(C(=O)NC(Cc2ccccc2)C(=O)C(N)=O)c(-c2cncc(F)c2)n1. The number of halogens is 1. The number of Topliss-reactive ketones (excluding diaryl/α,β-unsaturated/α-hetero) is 1. The molecule has 9 heteroatoms. The first-order valence-corrected chi connectivity index (χ1v) is 8.68. The van der Waals surface area contributed by atoms with Crippen LogP contribution in [0.3, 0.4) is 0 Å². The lowest BCUT2D eigenvalue weighted by Gasteiger charge is -2.16. The molecular weight excluding hydrogens is 377 g/mol. The summed E-state index contributed by atoms with van der Waals surface area (Å²) in [7, 11) is 1.60. The largest absolute Gasteiger partial charge is 0.363 e. The van der Waals surface area contributed by atoms with E-state index in [1.54, 1.807) is 31.3 Å². The van der Waals surface area contributed by atoms with Gasteiger partial charge in [0.1, 0.15) is 17.6 Å². The van der Waals surface area contributed by atoms with Gasteiger partial charge < -0.3 is 11.1 Å². The summed E-state index contributed by atoms with van der Waals surface area (Å²) in [5.41, 5.74) is 6.49. The Morgan fingerprint density at radius 1 is 1.21 bits per heavy atom. The number of aryl methyl sites for hydroxylation is 1. The Hall–Kier alpha value is -3.88. The van der Waals surface area contributed by atoms with Crippen molar-refractivity contribution in [1.29, 1.82) is 0 Å². The standard InChI is InChI=1S/C20H18FN5O3/c1-26-11-15(17(25-26)13-8-14(21)10-23-9-13)20(29)24-16(18(27)19(22)28)7-12-5-3-2-4-6-12/h2-6,8-11,16H,7H2,1H3,(H2,22,28)(H,24,29). The van der Waals surface area contributed by atoms with Crippen LogP contribution in [0.5, 0.6) is 0 Å². The number of hydrogen-bond acceptors (Lipinski definition) is 5. The molecule has 0 aliphatic carbocycles. The van der Waals surface area contributed by atoms with Crippen molar-refractivity contribution in [3.8, 4) is 11.3 Å². The molecule has 2 aromatic heterocycles. The van der Waals surface area contributed by atoms with Crippen molar-refractivity contribution in [3.05, 3.63) is 71.9 Å². The van der Waals surface area contributed by atoms with E-state index in [1.807, 2.05) is 6.07 Å². The number of carbonyl (C=O) groups is 3. The molecule has 0 radical (unpaired) electrons. The van der Waals surface area contributed by atoms with Gasteiger partial charge in [0.15, 0.2) is 0 Å². The van der Waals surface area contributed by atoms with Crippen molar-refractivity contribution in [1.82, 2.24) is 20.1 Å². The lowest BCUT2D eigenvalue weighted by Crippen LogP contribution is -2.47. The zero-order valence-electron chi connectivity index (χ0n) is 15.5. The van der Waals surface area contributed by atoms with Gasteiger partial charge in [0.05, 0.1) is 11.8 Å². The van der Waals surface area contributed by atoms with Crippen molar-refractivity contribution < 1.29 is 18.8 Å². The van der Waals surface area contributed by atoms with Gasteiger partial charge >= 0.3 is 0 Å². The van der Waals surface area contributed by atoms with E-state index in [-0.39, 0.29) is 17.7 Å². The van der Waals surface area contributed by atoms with E-state index < -0.39 is 29.5 Å². The molecule has 3 N–H and O–H groups in total. The molecule has 148 valence electrons. The third-order valence-electron chi connectivity index (χ3n) is 4.20. The molecule has 0 saturated heterocycles. The van der Waals surface area contributed by atoms with Gasteiger partial charge in [0, 0.05) is 31.4 Å². The molecule has 3 aromatic rings. The molecule has 0 aliphatic rings. The highest BCUT2D eigenvalue weighted by atomic mass is 19.1. The van der Waals surface area contributed by atoms with E-state index in [4.69, 9.17) is 5.73 Å². The Morgan fingerprint density at radius 3 is 2.59 bits per heavy atom. The van der Waals surface area contributed by atoms with E-state index in [0.29, 0.717) is 5.56 Å². The Kier molecular flexibility index (Phi) is 5.77. The molecular formula is C20H18FN5O3. The molecule has 0 spiro atoms. The maximum Gasteiger partial charge on any atom is 0.287 e. The predicted molar refractivity (Wildman–Crippen MR) is 102 cm³/mol. The Bertz CT molecular complexity index is 1060.